The van der Waals surface area contributed by atoms with Gasteiger partial charge in [-0.15, -0.1) is 0 Å². The van der Waals surface area contributed by atoms with Crippen LogP contribution < -0.4 is 10.1 Å². The van der Waals surface area contributed by atoms with Gasteiger partial charge in [-0.3, -0.25) is 4.79 Å². The Morgan fingerprint density at radius 2 is 1.90 bits per heavy atom. The number of fused-ring (bicyclic) bond motifs is 1. The maximum atomic E-state index is 12.2. The molecule has 0 radical (unpaired) electrons. The van der Waals surface area contributed by atoms with Gasteiger partial charge in [-0.05, 0) is 67.4 Å². The number of anilines is 1. The first kappa shape index (κ1) is 19.0. The van der Waals surface area contributed by atoms with Gasteiger partial charge in [0.25, 0.3) is 5.91 Å². The summed E-state index contributed by atoms with van der Waals surface area (Å²) in [6.45, 7) is 3.96. The molecule has 0 bridgehead atoms. The molecule has 0 atom stereocenters. The molecule has 0 saturated heterocycles. The normalized spacial score (nSPS) is 10.9. The van der Waals surface area contributed by atoms with Crippen molar-refractivity contribution in [2.24, 2.45) is 0 Å². The largest absolute Gasteiger partial charge is 0.484 e. The third-order valence-corrected chi connectivity index (χ3v) is 4.95. The smallest absolute Gasteiger partial charge is 0.262 e. The predicted octanol–water partition coefficient (Wildman–Crippen LogP) is 5.78. The van der Waals surface area contributed by atoms with Gasteiger partial charge in [0, 0.05) is 5.69 Å². The highest BCUT2D eigenvalue weighted by atomic mass is 35.5. The van der Waals surface area contributed by atoms with E-state index >= 15 is 0 Å². The third kappa shape index (κ3) is 4.25. The molecule has 0 spiro atoms. The summed E-state index contributed by atoms with van der Waals surface area (Å²) in [6, 6.07) is 18.4. The van der Waals surface area contributed by atoms with Gasteiger partial charge in [0.2, 0.25) is 5.89 Å². The predicted molar refractivity (Wildman–Crippen MR) is 114 cm³/mol. The van der Waals surface area contributed by atoms with Gasteiger partial charge in [-0.25, -0.2) is 4.98 Å². The quantitative estimate of drug-likeness (QED) is 0.456. The molecule has 1 N–H and O–H groups in total. The zero-order chi connectivity index (χ0) is 20.4. The van der Waals surface area contributed by atoms with Crippen LogP contribution in [-0.4, -0.2) is 17.5 Å². The Kier molecular flexibility index (Phi) is 5.23. The summed E-state index contributed by atoms with van der Waals surface area (Å²) in [5, 5.41) is 3.38. The van der Waals surface area contributed by atoms with Crippen molar-refractivity contribution >= 4 is 34.3 Å². The summed E-state index contributed by atoms with van der Waals surface area (Å²) in [4.78, 5) is 16.7. The molecule has 6 heteroatoms. The van der Waals surface area contributed by atoms with E-state index in [1.165, 1.54) is 5.56 Å². The molecule has 4 rings (SSSR count). The fourth-order valence-electron chi connectivity index (χ4n) is 2.90. The summed E-state index contributed by atoms with van der Waals surface area (Å²) in [6.07, 6.45) is 0. The van der Waals surface area contributed by atoms with E-state index in [1.807, 2.05) is 50.2 Å². The Labute approximate surface area is 173 Å². The maximum absolute atomic E-state index is 12.2. The number of carbonyl (C=O) groups is 1. The Morgan fingerprint density at radius 1 is 1.07 bits per heavy atom. The molecule has 0 saturated carbocycles. The number of hydrogen-bond acceptors (Lipinski definition) is 4. The Morgan fingerprint density at radius 3 is 2.69 bits per heavy atom. The van der Waals surface area contributed by atoms with E-state index in [9.17, 15) is 4.79 Å². The van der Waals surface area contributed by atoms with E-state index in [-0.39, 0.29) is 12.5 Å². The molecule has 0 unspecified atom stereocenters. The van der Waals surface area contributed by atoms with Crippen molar-refractivity contribution < 1.29 is 13.9 Å². The highest BCUT2D eigenvalue weighted by Gasteiger charge is 2.12. The highest BCUT2D eigenvalue weighted by Crippen LogP contribution is 2.30. The number of carbonyl (C=O) groups excluding carboxylic acids is 1. The average molecular weight is 407 g/mol. The summed E-state index contributed by atoms with van der Waals surface area (Å²) >= 11 is 6.22. The number of ether oxygens (including phenoxy) is 1. The van der Waals surface area contributed by atoms with Crippen LogP contribution in [0.4, 0.5) is 5.69 Å². The zero-order valence-corrected chi connectivity index (χ0v) is 16.8. The molecule has 1 aromatic heterocycles. The Balaban J connectivity index is 1.46. The van der Waals surface area contributed by atoms with Crippen molar-refractivity contribution in [2.75, 3.05) is 11.9 Å². The van der Waals surface area contributed by atoms with Crippen LogP contribution in [0, 0.1) is 13.8 Å². The standard InChI is InChI=1S/C23H19ClN2O3/c1-14-7-9-17(11-15(14)2)28-13-22(27)25-16-8-10-21-20(12-16)26-23(29-21)18-5-3-4-6-19(18)24/h3-12H,13H2,1-2H3,(H,25,27). The van der Waals surface area contributed by atoms with E-state index in [2.05, 4.69) is 10.3 Å². The Hall–Kier alpha value is -3.31. The molecule has 0 aliphatic rings. The van der Waals surface area contributed by atoms with Crippen molar-refractivity contribution in [3.63, 3.8) is 0 Å². The zero-order valence-electron chi connectivity index (χ0n) is 16.0. The number of hydrogen-bond donors (Lipinski definition) is 1. The fraction of sp³-hybridized carbons (Fsp3) is 0.130. The lowest BCUT2D eigenvalue weighted by molar-refractivity contribution is -0.118. The molecule has 1 amide bonds. The molecule has 5 nitrogen and oxygen atoms in total. The monoisotopic (exact) mass is 406 g/mol. The van der Waals surface area contributed by atoms with Gasteiger partial charge in [0.1, 0.15) is 11.3 Å². The second kappa shape index (κ2) is 7.97. The van der Waals surface area contributed by atoms with Gasteiger partial charge < -0.3 is 14.5 Å². The molecule has 0 fully saturated rings. The van der Waals surface area contributed by atoms with Crippen molar-refractivity contribution in [3.8, 4) is 17.2 Å². The summed E-state index contributed by atoms with van der Waals surface area (Å²) < 4.78 is 11.4. The van der Waals surface area contributed by atoms with Crippen molar-refractivity contribution in [1.29, 1.82) is 0 Å². The van der Waals surface area contributed by atoms with E-state index in [1.54, 1.807) is 24.3 Å². The number of halogens is 1. The molecular weight excluding hydrogens is 388 g/mol. The van der Waals surface area contributed by atoms with E-state index < -0.39 is 0 Å². The molecule has 146 valence electrons. The SMILES string of the molecule is Cc1ccc(OCC(=O)Nc2ccc3oc(-c4ccccc4Cl)nc3c2)cc1C. The number of benzene rings is 3. The minimum Gasteiger partial charge on any atom is -0.484 e. The van der Waals surface area contributed by atoms with Gasteiger partial charge in [-0.2, -0.15) is 0 Å². The lowest BCUT2D eigenvalue weighted by atomic mass is 10.1. The molecule has 0 aliphatic carbocycles. The maximum Gasteiger partial charge on any atom is 0.262 e. The number of aryl methyl sites for hydroxylation is 2. The van der Waals surface area contributed by atoms with Crippen LogP contribution in [0.25, 0.3) is 22.6 Å². The second-order valence-electron chi connectivity index (χ2n) is 6.76. The van der Waals surface area contributed by atoms with Crippen LogP contribution in [0.5, 0.6) is 5.75 Å². The van der Waals surface area contributed by atoms with Crippen LogP contribution in [-0.2, 0) is 4.79 Å². The summed E-state index contributed by atoms with van der Waals surface area (Å²) in [5.41, 5.74) is 4.88. The van der Waals surface area contributed by atoms with E-state index in [0.717, 1.165) is 11.1 Å². The minimum absolute atomic E-state index is 0.0791. The number of oxazole rings is 1. The van der Waals surface area contributed by atoms with Gasteiger partial charge >= 0.3 is 0 Å². The van der Waals surface area contributed by atoms with Crippen molar-refractivity contribution in [1.82, 2.24) is 4.98 Å². The summed E-state index contributed by atoms with van der Waals surface area (Å²) in [5.74, 6) is 0.851. The Bertz CT molecular complexity index is 1200. The van der Waals surface area contributed by atoms with E-state index in [0.29, 0.717) is 33.4 Å². The van der Waals surface area contributed by atoms with Crippen molar-refractivity contribution in [3.05, 3.63) is 76.8 Å². The number of rotatable bonds is 5. The van der Waals surface area contributed by atoms with E-state index in [4.69, 9.17) is 20.8 Å². The first-order valence-electron chi connectivity index (χ1n) is 9.15. The van der Waals surface area contributed by atoms with Crippen LogP contribution in [0.1, 0.15) is 11.1 Å². The number of amides is 1. The van der Waals surface area contributed by atoms with Gasteiger partial charge in [-0.1, -0.05) is 29.8 Å². The highest BCUT2D eigenvalue weighted by molar-refractivity contribution is 6.33. The average Bonchev–Trinajstić information content (AvgIpc) is 3.12. The van der Waals surface area contributed by atoms with Crippen LogP contribution in [0.3, 0.4) is 0 Å². The minimum atomic E-state index is -0.252. The molecular formula is C23H19ClN2O3. The van der Waals surface area contributed by atoms with Gasteiger partial charge in [0.15, 0.2) is 12.2 Å². The summed E-state index contributed by atoms with van der Waals surface area (Å²) in [7, 11) is 0. The lowest BCUT2D eigenvalue weighted by Crippen LogP contribution is -2.20. The first-order valence-corrected chi connectivity index (χ1v) is 9.53. The first-order chi connectivity index (χ1) is 14.0. The number of aromatic nitrogens is 1. The molecule has 1 heterocycles. The number of nitrogens with one attached hydrogen (secondary N) is 1. The molecule has 0 aliphatic heterocycles. The third-order valence-electron chi connectivity index (χ3n) is 4.62. The fourth-order valence-corrected chi connectivity index (χ4v) is 3.12. The topological polar surface area (TPSA) is 64.4 Å². The molecule has 4 aromatic rings. The van der Waals surface area contributed by atoms with Crippen LogP contribution >= 0.6 is 11.6 Å². The van der Waals surface area contributed by atoms with Crippen LogP contribution in [0.2, 0.25) is 5.02 Å². The van der Waals surface area contributed by atoms with Crippen molar-refractivity contribution in [2.45, 2.75) is 13.8 Å². The molecule has 3 aromatic carbocycles. The van der Waals surface area contributed by atoms with Crippen LogP contribution in [0.15, 0.2) is 65.1 Å². The second-order valence-corrected chi connectivity index (χ2v) is 7.17. The molecule has 29 heavy (non-hydrogen) atoms. The number of nitrogens with zero attached hydrogens (tertiary/aromatic N) is 1. The lowest BCUT2D eigenvalue weighted by Gasteiger charge is -2.09. The van der Waals surface area contributed by atoms with Gasteiger partial charge in [0.05, 0.1) is 10.6 Å².